The Labute approximate surface area is 128 Å². The normalized spacial score (nSPS) is 33.2. The van der Waals surface area contributed by atoms with Crippen LogP contribution >= 0.6 is 0 Å². The van der Waals surface area contributed by atoms with Crippen molar-refractivity contribution in [3.63, 3.8) is 0 Å². The van der Waals surface area contributed by atoms with Gasteiger partial charge < -0.3 is 15.2 Å². The van der Waals surface area contributed by atoms with Gasteiger partial charge in [-0.2, -0.15) is 5.10 Å². The number of nitrogens with zero attached hydrogens (tertiary/aromatic N) is 4. The fourth-order valence-corrected chi connectivity index (χ4v) is 3.59. The molecular formula is C15H19N5O2. The molecule has 0 amide bonds. The second-order valence-corrected chi connectivity index (χ2v) is 6.35. The van der Waals surface area contributed by atoms with E-state index in [9.17, 15) is 0 Å². The van der Waals surface area contributed by atoms with Gasteiger partial charge in [0.05, 0.1) is 23.7 Å². The monoisotopic (exact) mass is 301 g/mol. The molecule has 0 radical (unpaired) electrons. The van der Waals surface area contributed by atoms with Gasteiger partial charge in [-0.3, -0.25) is 0 Å². The zero-order valence-electron chi connectivity index (χ0n) is 12.6. The van der Waals surface area contributed by atoms with Crippen molar-refractivity contribution >= 4 is 16.9 Å². The first-order chi connectivity index (χ1) is 10.5. The van der Waals surface area contributed by atoms with Gasteiger partial charge in [0, 0.05) is 5.92 Å². The van der Waals surface area contributed by atoms with E-state index in [2.05, 4.69) is 21.6 Å². The van der Waals surface area contributed by atoms with Crippen molar-refractivity contribution in [2.24, 2.45) is 5.92 Å². The molecule has 1 aliphatic carbocycles. The molecule has 2 aliphatic rings. The van der Waals surface area contributed by atoms with Crippen molar-refractivity contribution in [1.82, 2.24) is 19.7 Å². The molecule has 7 nitrogen and oxygen atoms in total. The molecule has 2 fully saturated rings. The Morgan fingerprint density at radius 2 is 2.14 bits per heavy atom. The summed E-state index contributed by atoms with van der Waals surface area (Å²) in [6.07, 6.45) is 5.89. The molecule has 0 aromatic carbocycles. The van der Waals surface area contributed by atoms with Gasteiger partial charge in [0.25, 0.3) is 0 Å². The van der Waals surface area contributed by atoms with Crippen LogP contribution in [0.25, 0.3) is 11.0 Å². The molecule has 22 heavy (non-hydrogen) atoms. The second-order valence-electron chi connectivity index (χ2n) is 6.35. The van der Waals surface area contributed by atoms with Gasteiger partial charge in [-0.05, 0) is 20.3 Å². The van der Waals surface area contributed by atoms with E-state index >= 15 is 0 Å². The van der Waals surface area contributed by atoms with Crippen LogP contribution in [0.5, 0.6) is 0 Å². The van der Waals surface area contributed by atoms with Crippen molar-refractivity contribution in [1.29, 1.82) is 0 Å². The molecule has 0 spiro atoms. The van der Waals surface area contributed by atoms with E-state index in [-0.39, 0.29) is 24.2 Å². The number of fused-ring (bicyclic) bond motifs is 2. The predicted molar refractivity (Wildman–Crippen MR) is 80.9 cm³/mol. The first-order valence-electron chi connectivity index (χ1n) is 7.42. The highest BCUT2D eigenvalue weighted by Gasteiger charge is 2.54. The molecule has 2 aromatic heterocycles. The fourth-order valence-electron chi connectivity index (χ4n) is 3.59. The van der Waals surface area contributed by atoms with Crippen LogP contribution in [-0.2, 0) is 9.47 Å². The molecule has 1 saturated heterocycles. The number of aromatic nitrogens is 4. The topological polar surface area (TPSA) is 88.1 Å². The van der Waals surface area contributed by atoms with Gasteiger partial charge in [0.2, 0.25) is 0 Å². The molecule has 1 aliphatic heterocycles. The lowest BCUT2D eigenvalue weighted by Gasteiger charge is -2.23. The maximum Gasteiger partial charge on any atom is 0.163 e. The number of hydrogen-bond acceptors (Lipinski definition) is 6. The van der Waals surface area contributed by atoms with Crippen molar-refractivity contribution in [3.8, 4) is 0 Å². The Kier molecular flexibility index (Phi) is 2.79. The van der Waals surface area contributed by atoms with Gasteiger partial charge in [0.1, 0.15) is 18.2 Å². The van der Waals surface area contributed by atoms with Crippen LogP contribution in [0.2, 0.25) is 0 Å². The van der Waals surface area contributed by atoms with Crippen molar-refractivity contribution < 1.29 is 9.47 Å². The average Bonchev–Trinajstić information content (AvgIpc) is 3.10. The third-order valence-electron chi connectivity index (χ3n) is 4.52. The smallest absolute Gasteiger partial charge is 0.163 e. The average molecular weight is 301 g/mol. The van der Waals surface area contributed by atoms with E-state index in [0.717, 1.165) is 17.5 Å². The number of anilines is 1. The summed E-state index contributed by atoms with van der Waals surface area (Å²) in [5.41, 5.74) is 6.63. The van der Waals surface area contributed by atoms with E-state index in [1.54, 1.807) is 6.20 Å². The Bertz CT molecular complexity index is 741. The molecule has 2 aromatic rings. The first kappa shape index (κ1) is 13.7. The quantitative estimate of drug-likeness (QED) is 0.849. The lowest BCUT2D eigenvalue weighted by atomic mass is 10.1. The number of nitrogen functional groups attached to an aromatic ring is 1. The minimum absolute atomic E-state index is 0.00376. The van der Waals surface area contributed by atoms with Crippen molar-refractivity contribution in [2.75, 3.05) is 5.73 Å². The summed E-state index contributed by atoms with van der Waals surface area (Å²) in [6, 6.07) is 0.0431. The number of ether oxygens (including phenoxy) is 2. The predicted octanol–water partition coefficient (Wildman–Crippen LogP) is 1.68. The van der Waals surface area contributed by atoms with Gasteiger partial charge in [-0.15, -0.1) is 6.58 Å². The summed E-state index contributed by atoms with van der Waals surface area (Å²) in [6.45, 7) is 7.80. The molecule has 0 bridgehead atoms. The highest BCUT2D eigenvalue weighted by atomic mass is 16.8. The zero-order valence-corrected chi connectivity index (χ0v) is 12.6. The van der Waals surface area contributed by atoms with E-state index in [0.29, 0.717) is 5.82 Å². The number of rotatable bonds is 2. The van der Waals surface area contributed by atoms with E-state index < -0.39 is 5.79 Å². The molecular weight excluding hydrogens is 282 g/mol. The zero-order chi connectivity index (χ0) is 15.5. The van der Waals surface area contributed by atoms with Crippen molar-refractivity contribution in [2.45, 2.75) is 44.3 Å². The standard InChI is InChI=1S/C15H19N5O2/c1-4-8-5-10(12-11(8)21-15(2,3)22-12)20-14-9(6-19-20)13(16)17-7-18-14/h4,6-8,10-12H,1,5H2,2-3H3,(H2,16,17,18)/t8-,10+,11+,12-/m0/s1. The van der Waals surface area contributed by atoms with Gasteiger partial charge in [-0.1, -0.05) is 6.08 Å². The Balaban J connectivity index is 1.78. The van der Waals surface area contributed by atoms with E-state index in [4.69, 9.17) is 15.2 Å². The lowest BCUT2D eigenvalue weighted by Crippen LogP contribution is -2.28. The summed E-state index contributed by atoms with van der Waals surface area (Å²) in [5.74, 6) is 0.0804. The molecule has 4 rings (SSSR count). The molecule has 7 heteroatoms. The minimum Gasteiger partial charge on any atom is -0.383 e. The molecule has 3 heterocycles. The summed E-state index contributed by atoms with van der Waals surface area (Å²) in [5, 5.41) is 5.24. The van der Waals surface area contributed by atoms with Crippen LogP contribution in [0.1, 0.15) is 26.3 Å². The van der Waals surface area contributed by atoms with Gasteiger partial charge >= 0.3 is 0 Å². The Morgan fingerprint density at radius 1 is 1.36 bits per heavy atom. The van der Waals surface area contributed by atoms with Gasteiger partial charge in [-0.25, -0.2) is 14.6 Å². The molecule has 0 unspecified atom stereocenters. The Hall–Kier alpha value is -1.99. The largest absolute Gasteiger partial charge is 0.383 e. The SMILES string of the molecule is C=C[C@H]1C[C@@H](n2ncc3c(N)ncnc32)[C@@H]2OC(C)(C)O[C@@H]21. The summed E-state index contributed by atoms with van der Waals surface area (Å²) >= 11 is 0. The van der Waals surface area contributed by atoms with E-state index in [1.165, 1.54) is 6.33 Å². The van der Waals surface area contributed by atoms with Crippen LogP contribution in [0.15, 0.2) is 25.2 Å². The van der Waals surface area contributed by atoms with Crippen molar-refractivity contribution in [3.05, 3.63) is 25.2 Å². The van der Waals surface area contributed by atoms with Crippen LogP contribution in [0, 0.1) is 5.92 Å². The fraction of sp³-hybridized carbons (Fsp3) is 0.533. The molecule has 2 N–H and O–H groups in total. The molecule has 4 atom stereocenters. The summed E-state index contributed by atoms with van der Waals surface area (Å²) in [7, 11) is 0. The molecule has 1 saturated carbocycles. The number of hydrogen-bond donors (Lipinski definition) is 1. The Morgan fingerprint density at radius 3 is 2.91 bits per heavy atom. The first-order valence-corrected chi connectivity index (χ1v) is 7.42. The summed E-state index contributed by atoms with van der Waals surface area (Å²) < 4.78 is 14.1. The lowest BCUT2D eigenvalue weighted by molar-refractivity contribution is -0.158. The van der Waals surface area contributed by atoms with Crippen LogP contribution < -0.4 is 5.73 Å². The van der Waals surface area contributed by atoms with Gasteiger partial charge in [0.15, 0.2) is 11.4 Å². The molecule has 116 valence electrons. The van der Waals surface area contributed by atoms with Crippen LogP contribution in [-0.4, -0.2) is 37.7 Å². The number of nitrogens with two attached hydrogens (primary N) is 1. The highest BCUT2D eigenvalue weighted by molar-refractivity contribution is 5.84. The second kappa shape index (κ2) is 4.50. The van der Waals surface area contributed by atoms with Crippen LogP contribution in [0.3, 0.4) is 0 Å². The third kappa shape index (κ3) is 1.85. The highest BCUT2D eigenvalue weighted by Crippen LogP contribution is 2.47. The maximum absolute atomic E-state index is 6.11. The maximum atomic E-state index is 6.11. The third-order valence-corrected chi connectivity index (χ3v) is 4.52. The van der Waals surface area contributed by atoms with E-state index in [1.807, 2.05) is 24.6 Å². The van der Waals surface area contributed by atoms with Crippen LogP contribution in [0.4, 0.5) is 5.82 Å². The summed E-state index contributed by atoms with van der Waals surface area (Å²) in [4.78, 5) is 8.34. The minimum atomic E-state index is -0.591.